The predicted molar refractivity (Wildman–Crippen MR) is 55.5 cm³/mol. The first-order chi connectivity index (χ1) is 6.63. The van der Waals surface area contributed by atoms with Gasteiger partial charge in [-0.05, 0) is 25.3 Å². The second-order valence-corrected chi connectivity index (χ2v) is 4.30. The Balaban J connectivity index is 2.45. The van der Waals surface area contributed by atoms with Crippen LogP contribution in [0, 0.1) is 12.7 Å². The summed E-state index contributed by atoms with van der Waals surface area (Å²) in [6, 6.07) is 5.51. The second-order valence-electron chi connectivity index (χ2n) is 4.30. The molecule has 0 unspecified atom stereocenters. The summed E-state index contributed by atoms with van der Waals surface area (Å²) in [7, 11) is 0. The molecule has 0 atom stereocenters. The van der Waals surface area contributed by atoms with Gasteiger partial charge in [0.25, 0.3) is 0 Å². The number of aryl methyl sites for hydroxylation is 1. The van der Waals surface area contributed by atoms with E-state index in [2.05, 4.69) is 0 Å². The number of benzene rings is 1. The Morgan fingerprint density at radius 1 is 1.29 bits per heavy atom. The number of rotatable bonds is 1. The molecule has 0 aliphatic heterocycles. The van der Waals surface area contributed by atoms with Crippen LogP contribution in [0.2, 0.25) is 0 Å². The van der Waals surface area contributed by atoms with E-state index in [1.165, 1.54) is 0 Å². The third-order valence-electron chi connectivity index (χ3n) is 3.22. The molecule has 0 radical (unpaired) electrons. The molecule has 1 aromatic rings. The molecule has 1 nitrogen and oxygen atoms in total. The fourth-order valence-electron chi connectivity index (χ4n) is 2.31. The maximum Gasteiger partial charge on any atom is 0.131 e. The number of hydrogen-bond acceptors (Lipinski definition) is 1. The van der Waals surface area contributed by atoms with Gasteiger partial charge in [-0.2, -0.15) is 0 Å². The van der Waals surface area contributed by atoms with Crippen molar-refractivity contribution in [2.24, 2.45) is 5.73 Å². The van der Waals surface area contributed by atoms with E-state index in [1.807, 2.05) is 12.1 Å². The monoisotopic (exact) mass is 193 g/mol. The van der Waals surface area contributed by atoms with Gasteiger partial charge in [0.2, 0.25) is 0 Å². The van der Waals surface area contributed by atoms with Gasteiger partial charge in [0.15, 0.2) is 0 Å². The van der Waals surface area contributed by atoms with E-state index in [-0.39, 0.29) is 5.82 Å². The van der Waals surface area contributed by atoms with Gasteiger partial charge >= 0.3 is 0 Å². The van der Waals surface area contributed by atoms with Crippen LogP contribution < -0.4 is 5.73 Å². The van der Waals surface area contributed by atoms with Crippen LogP contribution in [0.15, 0.2) is 18.2 Å². The minimum absolute atomic E-state index is 0.114. The molecule has 2 N–H and O–H groups in total. The predicted octanol–water partition coefficient (Wildman–Crippen LogP) is 2.86. The van der Waals surface area contributed by atoms with Crippen LogP contribution in [0.1, 0.15) is 36.8 Å². The molecule has 1 aromatic carbocycles. The quantitative estimate of drug-likeness (QED) is 0.729. The summed E-state index contributed by atoms with van der Waals surface area (Å²) in [5.74, 6) is -0.114. The second kappa shape index (κ2) is 3.35. The fraction of sp³-hybridized carbons (Fsp3) is 0.500. The van der Waals surface area contributed by atoms with E-state index in [0.717, 1.165) is 25.7 Å². The van der Waals surface area contributed by atoms with Crippen molar-refractivity contribution in [2.75, 3.05) is 0 Å². The molecule has 0 amide bonds. The lowest BCUT2D eigenvalue weighted by Crippen LogP contribution is -2.34. The van der Waals surface area contributed by atoms with Gasteiger partial charge in [-0.1, -0.05) is 31.0 Å². The fourth-order valence-corrected chi connectivity index (χ4v) is 2.31. The average Bonchev–Trinajstić information content (AvgIpc) is 2.58. The molecular formula is C12H16FN. The van der Waals surface area contributed by atoms with E-state index in [0.29, 0.717) is 11.1 Å². The van der Waals surface area contributed by atoms with Gasteiger partial charge in [-0.25, -0.2) is 4.39 Å². The molecule has 1 fully saturated rings. The van der Waals surface area contributed by atoms with Crippen molar-refractivity contribution in [1.82, 2.24) is 0 Å². The third-order valence-corrected chi connectivity index (χ3v) is 3.22. The summed E-state index contributed by atoms with van der Waals surface area (Å²) in [6.45, 7) is 1.79. The molecule has 14 heavy (non-hydrogen) atoms. The number of halogens is 1. The van der Waals surface area contributed by atoms with E-state index in [9.17, 15) is 4.39 Å². The average molecular weight is 193 g/mol. The van der Waals surface area contributed by atoms with Gasteiger partial charge < -0.3 is 5.73 Å². The summed E-state index contributed by atoms with van der Waals surface area (Å²) in [5.41, 5.74) is 7.20. The first-order valence-electron chi connectivity index (χ1n) is 5.18. The van der Waals surface area contributed by atoms with Crippen LogP contribution >= 0.6 is 0 Å². The Hall–Kier alpha value is -0.890. The summed E-state index contributed by atoms with van der Waals surface area (Å²) in [4.78, 5) is 0. The Labute approximate surface area is 84.1 Å². The topological polar surface area (TPSA) is 26.0 Å². The molecule has 1 aliphatic carbocycles. The molecule has 0 spiro atoms. The summed E-state index contributed by atoms with van der Waals surface area (Å²) >= 11 is 0. The van der Waals surface area contributed by atoms with Crippen molar-refractivity contribution in [3.8, 4) is 0 Å². The molecule has 0 aromatic heterocycles. The third kappa shape index (κ3) is 1.44. The van der Waals surface area contributed by atoms with E-state index >= 15 is 0 Å². The van der Waals surface area contributed by atoms with Crippen LogP contribution in [0.4, 0.5) is 4.39 Å². The molecule has 2 rings (SSSR count). The van der Waals surface area contributed by atoms with Crippen molar-refractivity contribution in [3.05, 3.63) is 35.1 Å². The number of hydrogen-bond donors (Lipinski definition) is 1. The Morgan fingerprint density at radius 2 is 1.93 bits per heavy atom. The highest BCUT2D eigenvalue weighted by molar-refractivity contribution is 5.31. The van der Waals surface area contributed by atoms with Gasteiger partial charge in [-0.15, -0.1) is 0 Å². The van der Waals surface area contributed by atoms with E-state index in [4.69, 9.17) is 5.73 Å². The first-order valence-corrected chi connectivity index (χ1v) is 5.18. The lowest BCUT2D eigenvalue weighted by atomic mass is 9.88. The summed E-state index contributed by atoms with van der Waals surface area (Å²) in [6.07, 6.45) is 4.05. The first kappa shape index (κ1) is 9.66. The molecule has 0 saturated heterocycles. The Bertz CT molecular complexity index is 340. The van der Waals surface area contributed by atoms with Crippen molar-refractivity contribution in [1.29, 1.82) is 0 Å². The van der Waals surface area contributed by atoms with E-state index in [1.54, 1.807) is 13.0 Å². The highest BCUT2D eigenvalue weighted by atomic mass is 19.1. The Morgan fingerprint density at radius 3 is 2.57 bits per heavy atom. The summed E-state index contributed by atoms with van der Waals surface area (Å²) in [5, 5.41) is 0. The molecule has 2 heteroatoms. The molecular weight excluding hydrogens is 177 g/mol. The minimum atomic E-state index is -0.407. The van der Waals surface area contributed by atoms with Crippen LogP contribution in [-0.4, -0.2) is 0 Å². The smallest absolute Gasteiger partial charge is 0.131 e. The lowest BCUT2D eigenvalue weighted by molar-refractivity contribution is 0.431. The van der Waals surface area contributed by atoms with Gasteiger partial charge in [-0.3, -0.25) is 0 Å². The van der Waals surface area contributed by atoms with Crippen molar-refractivity contribution < 1.29 is 4.39 Å². The van der Waals surface area contributed by atoms with E-state index < -0.39 is 5.54 Å². The molecule has 1 aliphatic rings. The molecule has 0 bridgehead atoms. The molecule has 0 heterocycles. The largest absolute Gasteiger partial charge is 0.321 e. The van der Waals surface area contributed by atoms with Gasteiger partial charge in [0, 0.05) is 11.1 Å². The van der Waals surface area contributed by atoms with Gasteiger partial charge in [0.1, 0.15) is 5.82 Å². The normalized spacial score (nSPS) is 19.9. The number of nitrogens with two attached hydrogens (primary N) is 1. The molecule has 1 saturated carbocycles. The zero-order valence-electron chi connectivity index (χ0n) is 8.52. The van der Waals surface area contributed by atoms with Crippen molar-refractivity contribution >= 4 is 0 Å². The van der Waals surface area contributed by atoms with Crippen LogP contribution in [0.3, 0.4) is 0 Å². The lowest BCUT2D eigenvalue weighted by Gasteiger charge is -2.25. The Kier molecular flexibility index (Phi) is 2.31. The van der Waals surface area contributed by atoms with Crippen LogP contribution in [0.5, 0.6) is 0 Å². The maximum absolute atomic E-state index is 13.8. The van der Waals surface area contributed by atoms with Crippen molar-refractivity contribution in [3.63, 3.8) is 0 Å². The zero-order valence-corrected chi connectivity index (χ0v) is 8.52. The van der Waals surface area contributed by atoms with Gasteiger partial charge in [0.05, 0.1) is 0 Å². The zero-order chi connectivity index (χ0) is 10.2. The maximum atomic E-state index is 13.8. The minimum Gasteiger partial charge on any atom is -0.321 e. The highest BCUT2D eigenvalue weighted by Gasteiger charge is 2.33. The SMILES string of the molecule is Cc1cccc(C2(N)CCCC2)c1F. The van der Waals surface area contributed by atoms with Crippen molar-refractivity contribution in [2.45, 2.75) is 38.1 Å². The van der Waals surface area contributed by atoms with Crippen LogP contribution in [-0.2, 0) is 5.54 Å². The van der Waals surface area contributed by atoms with Crippen LogP contribution in [0.25, 0.3) is 0 Å². The molecule has 76 valence electrons. The summed E-state index contributed by atoms with van der Waals surface area (Å²) < 4.78 is 13.8. The highest BCUT2D eigenvalue weighted by Crippen LogP contribution is 2.37. The standard InChI is InChI=1S/C12H16FN/c1-9-5-4-6-10(11(9)13)12(14)7-2-3-8-12/h4-6H,2-3,7-8,14H2,1H3.